The van der Waals surface area contributed by atoms with Crippen LogP contribution in [0.3, 0.4) is 0 Å². The average Bonchev–Trinajstić information content (AvgIpc) is 2.97. The maximum absolute atomic E-state index is 10.1. The number of ether oxygens (including phenoxy) is 3. The van der Waals surface area contributed by atoms with Crippen molar-refractivity contribution in [2.75, 3.05) is 46.4 Å². The Hall–Kier alpha value is -0.250. The fraction of sp³-hybridized carbons (Fsp3) is 0.357. The van der Waals surface area contributed by atoms with Gasteiger partial charge in [0.05, 0.1) is 48.3 Å². The fourth-order valence-electron chi connectivity index (χ4n) is 2.69. The summed E-state index contributed by atoms with van der Waals surface area (Å²) in [6.07, 6.45) is 0.209. The third-order valence-corrected chi connectivity index (χ3v) is 7.68. The molecule has 0 spiro atoms. The molecule has 0 amide bonds. The summed E-state index contributed by atoms with van der Waals surface area (Å²) in [6, 6.07) is 16.0. The van der Waals surface area contributed by atoms with Crippen molar-refractivity contribution in [1.82, 2.24) is 5.01 Å². The quantitative estimate of drug-likeness (QED) is 0.0627. The second-order valence-electron chi connectivity index (χ2n) is 8.32. The monoisotopic (exact) mass is 991 g/mol. The number of nitrogen functional groups attached to an aromatic ring is 1. The summed E-state index contributed by atoms with van der Waals surface area (Å²) in [5.74, 6) is 2.29. The van der Waals surface area contributed by atoms with Gasteiger partial charge in [0.2, 0.25) is 0 Å². The van der Waals surface area contributed by atoms with E-state index in [1.165, 1.54) is 6.92 Å². The Kier molecular flexibility index (Phi) is 33.6. The molecule has 0 aliphatic carbocycles. The van der Waals surface area contributed by atoms with Crippen LogP contribution in [0.15, 0.2) is 64.9 Å². The summed E-state index contributed by atoms with van der Waals surface area (Å²) in [4.78, 5) is 0. The van der Waals surface area contributed by atoms with E-state index in [1.807, 2.05) is 37.1 Å². The van der Waals surface area contributed by atoms with Crippen LogP contribution < -0.4 is 79.2 Å². The summed E-state index contributed by atoms with van der Waals surface area (Å²) in [5.41, 5.74) is 11.6. The van der Waals surface area contributed by atoms with E-state index in [0.29, 0.717) is 21.4 Å². The van der Waals surface area contributed by atoms with E-state index in [2.05, 4.69) is 37.1 Å². The van der Waals surface area contributed by atoms with E-state index in [1.54, 1.807) is 57.7 Å². The van der Waals surface area contributed by atoms with Crippen molar-refractivity contribution in [2.24, 2.45) is 16.1 Å². The van der Waals surface area contributed by atoms with Gasteiger partial charge in [0, 0.05) is 28.8 Å². The third kappa shape index (κ3) is 25.4. The summed E-state index contributed by atoms with van der Waals surface area (Å²) in [7, 11) is 1.48. The maximum atomic E-state index is 10.1. The molecule has 3 aromatic rings. The molecule has 262 valence electrons. The van der Waals surface area contributed by atoms with Crippen LogP contribution in [0.25, 0.3) is 0 Å². The standard InChI is InChI=1S/C11H16ClN3O.C7H6ClIO.C7H8ClNO.C3H9NO3S.ClH.HI.Na/c1-4-15(5-2)14-13-11-8-9(16-3)6-7-10(11)12;2*1-10-5-2-3-6(8)7(9)4-5;1-3(4)7-8(2,5)6;;;/h6-8H,4-5H2,1-3H3;2-4H,1H3;2-4H,9H2,1H3;3H,4H2,1-2H3;2*1H;/q;;;;;;+1/p-1. The SMILES string of the molecule is CC(N)OS(C)(=O)=O.CCN(CC)N=Nc1cc(OC)ccc1Cl.COc1ccc(Cl)c(I)c1.COc1ccc(Cl)c(N)c1.Cl.[I-].[Na+]. The van der Waals surface area contributed by atoms with Crippen LogP contribution in [0, 0.1) is 3.57 Å². The van der Waals surface area contributed by atoms with Gasteiger partial charge in [-0.2, -0.15) is 8.42 Å². The van der Waals surface area contributed by atoms with E-state index in [9.17, 15) is 8.42 Å². The molecule has 1 atom stereocenters. The van der Waals surface area contributed by atoms with Crippen LogP contribution in [0.4, 0.5) is 11.4 Å². The first-order chi connectivity index (χ1) is 20.6. The predicted octanol–water partition coefficient (Wildman–Crippen LogP) is 2.27. The van der Waals surface area contributed by atoms with Crippen LogP contribution in [0.5, 0.6) is 17.2 Å². The first-order valence-electron chi connectivity index (χ1n) is 12.8. The van der Waals surface area contributed by atoms with Crippen molar-refractivity contribution < 1.29 is 80.3 Å². The van der Waals surface area contributed by atoms with E-state index in [4.69, 9.17) is 60.5 Å². The molecule has 0 saturated carbocycles. The molecule has 0 saturated heterocycles. The van der Waals surface area contributed by atoms with Gasteiger partial charge in [0.15, 0.2) is 0 Å². The molecule has 47 heavy (non-hydrogen) atoms. The number of hydrogen-bond donors (Lipinski definition) is 2. The number of anilines is 1. The van der Waals surface area contributed by atoms with E-state index in [0.717, 1.165) is 45.2 Å². The molecule has 11 nitrogen and oxygen atoms in total. The minimum absolute atomic E-state index is 0. The first-order valence-corrected chi connectivity index (χ1v) is 16.8. The molecule has 0 heterocycles. The zero-order valence-corrected chi connectivity index (χ0v) is 37.6. The van der Waals surface area contributed by atoms with Crippen LogP contribution in [-0.2, 0) is 14.3 Å². The third-order valence-electron chi connectivity index (χ3n) is 4.82. The second-order valence-corrected chi connectivity index (χ2v) is 12.3. The number of methoxy groups -OCH3 is 3. The minimum Gasteiger partial charge on any atom is -1.00 e. The zero-order chi connectivity index (χ0) is 33.9. The van der Waals surface area contributed by atoms with Gasteiger partial charge in [0.25, 0.3) is 10.1 Å². The van der Waals surface area contributed by atoms with Gasteiger partial charge < -0.3 is 49.7 Å². The van der Waals surface area contributed by atoms with Crippen molar-refractivity contribution in [2.45, 2.75) is 27.0 Å². The van der Waals surface area contributed by atoms with Gasteiger partial charge in [0.1, 0.15) is 29.2 Å². The smallest absolute Gasteiger partial charge is 1.00 e. The topological polar surface area (TPSA) is 151 Å². The average molecular weight is 993 g/mol. The van der Waals surface area contributed by atoms with Gasteiger partial charge >= 0.3 is 29.6 Å². The first kappa shape index (κ1) is 53.5. The predicted molar refractivity (Wildman–Crippen MR) is 195 cm³/mol. The van der Waals surface area contributed by atoms with Gasteiger partial charge in [-0.25, -0.2) is 0 Å². The molecule has 3 aromatic carbocycles. The second kappa shape index (κ2) is 29.5. The Morgan fingerprint density at radius 2 is 1.28 bits per heavy atom. The Labute approximate surface area is 352 Å². The molecule has 0 aromatic heterocycles. The summed E-state index contributed by atoms with van der Waals surface area (Å²) in [6.45, 7) is 7.13. The molecule has 3 rings (SSSR count). The van der Waals surface area contributed by atoms with Crippen molar-refractivity contribution in [1.29, 1.82) is 0 Å². The van der Waals surface area contributed by atoms with Crippen molar-refractivity contribution >= 4 is 91.3 Å². The van der Waals surface area contributed by atoms with Gasteiger partial charge in [-0.15, -0.1) is 17.5 Å². The largest absolute Gasteiger partial charge is 1.00 e. The van der Waals surface area contributed by atoms with Crippen molar-refractivity contribution in [3.63, 3.8) is 0 Å². The van der Waals surface area contributed by atoms with E-state index >= 15 is 0 Å². The normalized spacial score (nSPS) is 10.4. The molecule has 0 aliphatic heterocycles. The zero-order valence-electron chi connectivity index (χ0n) is 27.3. The molecular formula is C28H40Cl4I2N5NaO6S. The summed E-state index contributed by atoms with van der Waals surface area (Å²) < 4.78 is 40.5. The van der Waals surface area contributed by atoms with Crippen LogP contribution in [-0.4, -0.2) is 60.3 Å². The number of hydrogen-bond acceptors (Lipinski definition) is 10. The van der Waals surface area contributed by atoms with Gasteiger partial charge in [-0.3, -0.25) is 9.19 Å². The van der Waals surface area contributed by atoms with Crippen molar-refractivity contribution in [3.8, 4) is 17.2 Å². The van der Waals surface area contributed by atoms with Gasteiger partial charge in [-0.1, -0.05) is 40.0 Å². The Bertz CT molecular complexity index is 1380. The Morgan fingerprint density at radius 3 is 1.64 bits per heavy atom. The number of rotatable bonds is 9. The fourth-order valence-corrected chi connectivity index (χ4v) is 4.11. The minimum atomic E-state index is -3.35. The molecule has 0 fully saturated rings. The van der Waals surface area contributed by atoms with Gasteiger partial charge in [-0.05, 0) is 85.8 Å². The summed E-state index contributed by atoms with van der Waals surface area (Å²) >= 11 is 19.6. The van der Waals surface area contributed by atoms with Crippen molar-refractivity contribution in [3.05, 3.63) is 73.2 Å². The molecule has 0 aliphatic rings. The molecule has 1 unspecified atom stereocenters. The molecule has 4 N–H and O–H groups in total. The number of benzene rings is 3. The number of halogens is 6. The Balaban J connectivity index is -0.000000266. The molecule has 19 heteroatoms. The van der Waals surface area contributed by atoms with Crippen LogP contribution in [0.1, 0.15) is 20.8 Å². The number of nitrogens with two attached hydrogens (primary N) is 2. The van der Waals surface area contributed by atoms with Crippen LogP contribution in [0.2, 0.25) is 15.1 Å². The van der Waals surface area contributed by atoms with Crippen LogP contribution >= 0.6 is 69.8 Å². The van der Waals surface area contributed by atoms with E-state index in [-0.39, 0.29) is 65.9 Å². The maximum Gasteiger partial charge on any atom is 1.00 e. The number of nitrogens with zero attached hydrogens (tertiary/aromatic N) is 3. The molecule has 0 radical (unpaired) electrons. The molecular weight excluding hydrogens is 953 g/mol. The summed E-state index contributed by atoms with van der Waals surface area (Å²) in [5, 5.41) is 11.9. The Morgan fingerprint density at radius 1 is 0.851 bits per heavy atom. The molecule has 0 bridgehead atoms. The van der Waals surface area contributed by atoms with E-state index < -0.39 is 16.3 Å².